The van der Waals surface area contributed by atoms with Gasteiger partial charge in [-0.05, 0) is 55.4 Å². The van der Waals surface area contributed by atoms with Gasteiger partial charge in [-0.3, -0.25) is 4.40 Å². The lowest BCUT2D eigenvalue weighted by Gasteiger charge is -2.40. The molecule has 2 N–H and O–H groups in total. The first-order valence-electron chi connectivity index (χ1n) is 11.6. The largest absolute Gasteiger partial charge is 0.495 e. The average Bonchev–Trinajstić information content (AvgIpc) is 3.57. The molecule has 1 spiro atoms. The molecule has 0 radical (unpaired) electrons. The zero-order valence-electron chi connectivity index (χ0n) is 19.3. The molecule has 1 aromatic carbocycles. The van der Waals surface area contributed by atoms with Gasteiger partial charge in [-0.1, -0.05) is 25.3 Å². The van der Waals surface area contributed by atoms with E-state index in [9.17, 15) is 5.26 Å². The van der Waals surface area contributed by atoms with Gasteiger partial charge >= 0.3 is 0 Å². The molecule has 2 aliphatic rings. The molecule has 0 bridgehead atoms. The number of rotatable bonds is 6. The van der Waals surface area contributed by atoms with Crippen molar-refractivity contribution in [2.45, 2.75) is 50.5 Å². The molecule has 0 amide bonds. The second-order valence-electron chi connectivity index (χ2n) is 9.35. The normalized spacial score (nSPS) is 21.4. The van der Waals surface area contributed by atoms with E-state index in [-0.39, 0.29) is 11.0 Å². The summed E-state index contributed by atoms with van der Waals surface area (Å²) in [5, 5.41) is 9.89. The van der Waals surface area contributed by atoms with Crippen LogP contribution in [0.25, 0.3) is 16.9 Å². The summed E-state index contributed by atoms with van der Waals surface area (Å²) in [7, 11) is 3.20. The number of nitrogens with zero attached hydrogens (tertiary/aromatic N) is 3. The predicted molar refractivity (Wildman–Crippen MR) is 126 cm³/mol. The molecule has 0 saturated heterocycles. The number of benzene rings is 1. The Hall–Kier alpha value is -3.24. The molecule has 3 aromatic rings. The molecule has 1 unspecified atom stereocenters. The van der Waals surface area contributed by atoms with E-state index in [1.54, 1.807) is 20.4 Å². The van der Waals surface area contributed by atoms with Crippen molar-refractivity contribution in [1.29, 1.82) is 5.26 Å². The lowest BCUT2D eigenvalue weighted by atomic mass is 9.71. The van der Waals surface area contributed by atoms with Crippen molar-refractivity contribution in [2.24, 2.45) is 11.1 Å². The maximum absolute atomic E-state index is 9.89. The fourth-order valence-corrected chi connectivity index (χ4v) is 5.98. The zero-order valence-corrected chi connectivity index (χ0v) is 19.3. The molecule has 2 fully saturated rings. The first-order chi connectivity index (χ1) is 16.0. The molecule has 0 aliphatic heterocycles. The van der Waals surface area contributed by atoms with Crippen molar-refractivity contribution in [2.75, 3.05) is 20.8 Å². The number of ether oxygens (including phenoxy) is 3. The monoisotopic (exact) mass is 446 g/mol. The van der Waals surface area contributed by atoms with E-state index in [0.29, 0.717) is 29.5 Å². The Balaban J connectivity index is 1.55. The van der Waals surface area contributed by atoms with Crippen molar-refractivity contribution in [1.82, 2.24) is 9.38 Å². The van der Waals surface area contributed by atoms with Gasteiger partial charge in [0.2, 0.25) is 0 Å². The number of nitrogens with two attached hydrogens (primary N) is 1. The summed E-state index contributed by atoms with van der Waals surface area (Å²) in [6.07, 6.45) is 9.86. The Bertz CT molecular complexity index is 1220. The number of pyridine rings is 1. The molecule has 1 atom stereocenters. The van der Waals surface area contributed by atoms with E-state index >= 15 is 0 Å². The highest BCUT2D eigenvalue weighted by atomic mass is 16.5. The molecular weight excluding hydrogens is 416 g/mol. The fourth-order valence-electron chi connectivity index (χ4n) is 5.98. The Morgan fingerprint density at radius 1 is 1.06 bits per heavy atom. The Kier molecular flexibility index (Phi) is 5.41. The smallest absolute Gasteiger partial charge is 0.199 e. The van der Waals surface area contributed by atoms with E-state index in [2.05, 4.69) is 11.1 Å². The molecule has 7 heteroatoms. The van der Waals surface area contributed by atoms with Crippen LogP contribution >= 0.6 is 0 Å². The third-order valence-corrected chi connectivity index (χ3v) is 7.78. The average molecular weight is 447 g/mol. The van der Waals surface area contributed by atoms with E-state index in [0.717, 1.165) is 29.7 Å². The minimum atomic E-state index is -0.369. The van der Waals surface area contributed by atoms with E-state index in [1.807, 2.05) is 34.7 Å². The van der Waals surface area contributed by atoms with Gasteiger partial charge in [0, 0.05) is 5.56 Å². The third-order valence-electron chi connectivity index (χ3n) is 7.78. The number of nitriles is 1. The summed E-state index contributed by atoms with van der Waals surface area (Å²) < 4.78 is 19.4. The Morgan fingerprint density at radius 3 is 2.55 bits per heavy atom. The fraction of sp³-hybridized carbons (Fsp3) is 0.462. The lowest BCUT2D eigenvalue weighted by molar-refractivity contribution is 0.0989. The van der Waals surface area contributed by atoms with Gasteiger partial charge in [0.05, 0.1) is 31.6 Å². The molecule has 7 nitrogen and oxygen atoms in total. The second-order valence-corrected chi connectivity index (χ2v) is 9.35. The number of hydrogen-bond donors (Lipinski definition) is 1. The van der Waals surface area contributed by atoms with E-state index in [4.69, 9.17) is 19.9 Å². The summed E-state index contributed by atoms with van der Waals surface area (Å²) in [6, 6.07) is 11.7. The maximum atomic E-state index is 9.89. The van der Waals surface area contributed by atoms with E-state index < -0.39 is 0 Å². The number of fused-ring (bicyclic) bond motifs is 1. The number of hydrogen-bond acceptors (Lipinski definition) is 6. The summed E-state index contributed by atoms with van der Waals surface area (Å²) in [5.41, 5.74) is 9.58. The van der Waals surface area contributed by atoms with Gasteiger partial charge in [-0.15, -0.1) is 0 Å². The second kappa shape index (κ2) is 8.27. The highest BCUT2D eigenvalue weighted by Gasteiger charge is 2.53. The van der Waals surface area contributed by atoms with Crippen molar-refractivity contribution < 1.29 is 14.2 Å². The van der Waals surface area contributed by atoms with Crippen molar-refractivity contribution in [3.63, 3.8) is 0 Å². The lowest BCUT2D eigenvalue weighted by Crippen LogP contribution is -2.54. The number of aromatic nitrogens is 2. The van der Waals surface area contributed by atoms with Crippen LogP contribution in [0, 0.1) is 16.7 Å². The van der Waals surface area contributed by atoms with Crippen molar-refractivity contribution in [3.8, 4) is 34.7 Å². The van der Waals surface area contributed by atoms with Crippen LogP contribution in [0.2, 0.25) is 0 Å². The van der Waals surface area contributed by atoms with Crippen LogP contribution in [0.1, 0.15) is 50.5 Å². The molecule has 2 aromatic heterocycles. The van der Waals surface area contributed by atoms with Crippen LogP contribution in [0.4, 0.5) is 0 Å². The SMILES string of the molecule is COc1cc(-c2cnc3cccc(OC)n23)cc(OCC2(N)CCCC23CCCC3)c1C#N. The maximum Gasteiger partial charge on any atom is 0.199 e. The third kappa shape index (κ3) is 3.41. The minimum absolute atomic E-state index is 0.163. The van der Waals surface area contributed by atoms with Gasteiger partial charge in [-0.2, -0.15) is 5.26 Å². The molecule has 2 aliphatic carbocycles. The standard InChI is InChI=1S/C26H30N4O3/c1-31-21-13-18(20-16-29-23-7-5-8-24(32-2)30(20)23)14-22(19(21)15-27)33-17-26(28)12-6-11-25(26)9-3-4-10-25/h5,7-8,13-14,16H,3-4,6,9-12,17,28H2,1-2H3. The number of methoxy groups -OCH3 is 2. The minimum Gasteiger partial charge on any atom is -0.495 e. The van der Waals surface area contributed by atoms with E-state index in [1.165, 1.54) is 32.1 Å². The zero-order chi connectivity index (χ0) is 23.1. The Morgan fingerprint density at radius 2 is 1.82 bits per heavy atom. The van der Waals surface area contributed by atoms with Gasteiger partial charge in [0.15, 0.2) is 5.88 Å². The molecule has 2 heterocycles. The highest BCUT2D eigenvalue weighted by Crippen LogP contribution is 2.55. The molecular formula is C26H30N4O3. The molecule has 5 rings (SSSR count). The van der Waals surface area contributed by atoms with Crippen LogP contribution in [-0.2, 0) is 0 Å². The predicted octanol–water partition coefficient (Wildman–Crippen LogP) is 4.71. The summed E-state index contributed by atoms with van der Waals surface area (Å²) in [4.78, 5) is 4.52. The summed E-state index contributed by atoms with van der Waals surface area (Å²) in [5.74, 6) is 1.62. The quantitative estimate of drug-likeness (QED) is 0.589. The molecule has 33 heavy (non-hydrogen) atoms. The molecule has 172 valence electrons. The van der Waals surface area contributed by atoms with Crippen LogP contribution in [0.3, 0.4) is 0 Å². The van der Waals surface area contributed by atoms with Gasteiger partial charge in [0.25, 0.3) is 0 Å². The summed E-state index contributed by atoms with van der Waals surface area (Å²) in [6.45, 7) is 0.394. The highest BCUT2D eigenvalue weighted by molar-refractivity contribution is 5.71. The van der Waals surface area contributed by atoms with Crippen LogP contribution in [-0.4, -0.2) is 35.8 Å². The van der Waals surface area contributed by atoms with Crippen molar-refractivity contribution in [3.05, 3.63) is 42.1 Å². The Labute approximate surface area is 194 Å². The molecule has 2 saturated carbocycles. The first kappa shape index (κ1) is 21.6. The topological polar surface area (TPSA) is 94.8 Å². The van der Waals surface area contributed by atoms with Gasteiger partial charge in [-0.25, -0.2) is 4.98 Å². The van der Waals surface area contributed by atoms with Crippen LogP contribution in [0.5, 0.6) is 17.4 Å². The number of imidazole rings is 1. The first-order valence-corrected chi connectivity index (χ1v) is 11.6. The van der Waals surface area contributed by atoms with Crippen LogP contribution in [0.15, 0.2) is 36.5 Å². The van der Waals surface area contributed by atoms with Crippen molar-refractivity contribution >= 4 is 5.65 Å². The van der Waals surface area contributed by atoms with Gasteiger partial charge in [0.1, 0.15) is 35.4 Å². The van der Waals surface area contributed by atoms with Crippen LogP contribution < -0.4 is 19.9 Å². The van der Waals surface area contributed by atoms with Gasteiger partial charge < -0.3 is 19.9 Å². The summed E-state index contributed by atoms with van der Waals surface area (Å²) >= 11 is 0.